The fraction of sp³-hybridized carbons (Fsp3) is 0.167. The molecule has 0 aliphatic carbocycles. The van der Waals surface area contributed by atoms with Crippen LogP contribution in [0.15, 0.2) is 97.1 Å². The Morgan fingerprint density at radius 3 is 2.26 bits per heavy atom. The molecule has 0 aromatic heterocycles. The summed E-state index contributed by atoms with van der Waals surface area (Å²) in [7, 11) is -4.55. The third-order valence-corrected chi connectivity index (χ3v) is 8.50. The Morgan fingerprint density at radius 1 is 0.897 bits per heavy atom. The molecule has 3 unspecified atom stereocenters. The van der Waals surface area contributed by atoms with Crippen molar-refractivity contribution in [1.29, 1.82) is 0 Å². The lowest BCUT2D eigenvalue weighted by Gasteiger charge is -2.48. The third-order valence-electron chi connectivity index (χ3n) is 7.14. The van der Waals surface area contributed by atoms with E-state index < -0.39 is 25.7 Å². The highest BCUT2D eigenvalue weighted by Crippen LogP contribution is 2.49. The van der Waals surface area contributed by atoms with Gasteiger partial charge in [0.25, 0.3) is 0 Å². The zero-order valence-corrected chi connectivity index (χ0v) is 22.4. The normalized spacial score (nSPS) is 18.1. The number of carbonyl (C=O) groups excluding carboxylic acids is 1. The van der Waals surface area contributed by atoms with E-state index in [9.17, 15) is 29.4 Å². The average molecular weight is 564 g/mol. The van der Waals surface area contributed by atoms with Crippen LogP contribution in [0.5, 0.6) is 5.75 Å². The second-order valence-electron chi connectivity index (χ2n) is 9.54. The topological polar surface area (TPSA) is 118 Å². The number of amides is 1. The molecule has 4 aromatic carbocycles. The van der Waals surface area contributed by atoms with Crippen molar-refractivity contribution in [2.75, 3.05) is 4.90 Å². The van der Waals surface area contributed by atoms with Gasteiger partial charge in [0.2, 0.25) is 5.91 Å². The van der Waals surface area contributed by atoms with Gasteiger partial charge in [0.15, 0.2) is 0 Å². The van der Waals surface area contributed by atoms with Gasteiger partial charge in [0.05, 0.1) is 23.4 Å². The Morgan fingerprint density at radius 2 is 1.56 bits per heavy atom. The van der Waals surface area contributed by atoms with Gasteiger partial charge in [-0.15, -0.1) is 0 Å². The molecular weight excluding hydrogens is 537 g/mol. The van der Waals surface area contributed by atoms with Gasteiger partial charge in [0, 0.05) is 16.3 Å². The molecule has 7 nitrogen and oxygen atoms in total. The molecule has 0 bridgehead atoms. The predicted molar refractivity (Wildman–Crippen MR) is 151 cm³/mol. The second-order valence-corrected chi connectivity index (χ2v) is 11.5. The number of benzene rings is 4. The first-order valence-corrected chi connectivity index (χ1v) is 14.4. The predicted octanol–water partition coefficient (Wildman–Crippen LogP) is 5.73. The summed E-state index contributed by atoms with van der Waals surface area (Å²) in [5.41, 5.74) is 2.55. The Bertz CT molecular complexity index is 1560. The summed E-state index contributed by atoms with van der Waals surface area (Å²) in [6, 6.07) is 26.7. The maximum absolute atomic E-state index is 13.4. The quantitative estimate of drug-likeness (QED) is 0.160. The monoisotopic (exact) mass is 563 g/mol. The summed E-state index contributed by atoms with van der Waals surface area (Å²) in [4.78, 5) is 34.6. The smallest absolute Gasteiger partial charge is 0.356 e. The van der Waals surface area contributed by atoms with E-state index in [0.29, 0.717) is 45.8 Å². The van der Waals surface area contributed by atoms with Crippen LogP contribution >= 0.6 is 19.2 Å². The number of aliphatic hydroxyl groups excluding tert-OH is 1. The fourth-order valence-electron chi connectivity index (χ4n) is 5.23. The first-order valence-electron chi connectivity index (χ1n) is 12.5. The van der Waals surface area contributed by atoms with E-state index >= 15 is 0 Å². The van der Waals surface area contributed by atoms with Crippen molar-refractivity contribution in [3.63, 3.8) is 0 Å². The minimum absolute atomic E-state index is 0.0944. The number of phenols is 1. The molecule has 4 aromatic rings. The number of hydrogen-bond donors (Lipinski definition) is 4. The first kappa shape index (κ1) is 27.1. The molecule has 3 atom stereocenters. The Kier molecular flexibility index (Phi) is 7.63. The number of halogens is 1. The van der Waals surface area contributed by atoms with Crippen molar-refractivity contribution in [3.05, 3.63) is 113 Å². The molecular formula is C30H27ClNO6P. The lowest BCUT2D eigenvalue weighted by atomic mass is 9.77. The van der Waals surface area contributed by atoms with Crippen LogP contribution in [-0.4, -0.2) is 25.9 Å². The van der Waals surface area contributed by atoms with Crippen LogP contribution in [0, 0.1) is 5.92 Å². The summed E-state index contributed by atoms with van der Waals surface area (Å²) < 4.78 is 12.0. The van der Waals surface area contributed by atoms with Crippen molar-refractivity contribution in [2.45, 2.75) is 25.0 Å². The van der Waals surface area contributed by atoms with E-state index in [1.54, 1.807) is 59.5 Å². The van der Waals surface area contributed by atoms with Crippen LogP contribution in [0.25, 0.3) is 11.1 Å². The van der Waals surface area contributed by atoms with Crippen LogP contribution < -0.4 is 10.2 Å². The van der Waals surface area contributed by atoms with Gasteiger partial charge in [-0.25, -0.2) is 0 Å². The van der Waals surface area contributed by atoms with E-state index in [-0.39, 0.29) is 17.0 Å². The molecule has 1 fully saturated rings. The number of para-hydroxylation sites is 1. The van der Waals surface area contributed by atoms with E-state index in [1.165, 1.54) is 12.1 Å². The average Bonchev–Trinajstić information content (AvgIpc) is 2.92. The number of carbonyl (C=O) groups is 1. The lowest BCUT2D eigenvalue weighted by Crippen LogP contribution is -2.55. The van der Waals surface area contributed by atoms with Gasteiger partial charge in [-0.3, -0.25) is 9.36 Å². The molecule has 1 aliphatic rings. The van der Waals surface area contributed by atoms with E-state index in [4.69, 9.17) is 11.6 Å². The minimum atomic E-state index is -4.55. The number of rotatable bonds is 8. The van der Waals surface area contributed by atoms with Gasteiger partial charge < -0.3 is 24.9 Å². The molecule has 1 aliphatic heterocycles. The largest absolute Gasteiger partial charge is 0.508 e. The van der Waals surface area contributed by atoms with Crippen LogP contribution in [0.1, 0.15) is 36.1 Å². The Balaban J connectivity index is 1.47. The van der Waals surface area contributed by atoms with Gasteiger partial charge in [0.1, 0.15) is 5.75 Å². The van der Waals surface area contributed by atoms with Gasteiger partial charge in [-0.2, -0.15) is 0 Å². The van der Waals surface area contributed by atoms with Crippen LogP contribution in [0.4, 0.5) is 5.69 Å². The fourth-order valence-corrected chi connectivity index (χ4v) is 6.29. The van der Waals surface area contributed by atoms with Crippen LogP contribution in [-0.2, 0) is 9.36 Å². The minimum Gasteiger partial charge on any atom is -0.508 e. The van der Waals surface area contributed by atoms with E-state index in [0.717, 1.165) is 0 Å². The van der Waals surface area contributed by atoms with Crippen molar-refractivity contribution in [3.8, 4) is 16.9 Å². The zero-order valence-electron chi connectivity index (χ0n) is 20.8. The number of hydrogen-bond acceptors (Lipinski definition) is 4. The molecule has 0 saturated carbocycles. The first-order chi connectivity index (χ1) is 18.7. The Hall–Kier alpha value is -3.45. The molecule has 1 saturated heterocycles. The number of aromatic hydroxyl groups is 1. The molecule has 4 N–H and O–H groups in total. The maximum Gasteiger partial charge on any atom is 0.356 e. The number of phenolic OH excluding ortho intramolecular Hbond substituents is 1. The lowest BCUT2D eigenvalue weighted by molar-refractivity contribution is -0.131. The molecule has 1 amide bonds. The SMILES string of the molecule is O=C1C(CCC(O)c2ccccc2Cl)C(c2ccc(-c3ccccc3P(=O)(O)O)cc2O)N1c1ccccc1. The molecule has 200 valence electrons. The van der Waals surface area contributed by atoms with E-state index in [1.807, 2.05) is 30.3 Å². The van der Waals surface area contributed by atoms with Crippen LogP contribution in [0.3, 0.4) is 0 Å². The standard InChI is InChI=1S/C30H27ClNO6P/c31-25-12-6-4-11-22(25)26(33)17-16-24-29(32(30(24)35)20-8-2-1-3-9-20)23-15-14-19(18-27(23)34)21-10-5-7-13-28(21)39(36,37)38/h1-15,18,24,26,29,33-34H,16-17H2,(H2,36,37,38). The summed E-state index contributed by atoms with van der Waals surface area (Å²) in [5.74, 6) is -0.711. The van der Waals surface area contributed by atoms with Crippen molar-refractivity contribution < 1.29 is 29.4 Å². The van der Waals surface area contributed by atoms with Gasteiger partial charge in [-0.05, 0) is 59.9 Å². The molecule has 1 heterocycles. The van der Waals surface area contributed by atoms with Crippen molar-refractivity contribution >= 4 is 36.1 Å². The molecule has 0 spiro atoms. The molecule has 39 heavy (non-hydrogen) atoms. The van der Waals surface area contributed by atoms with Crippen molar-refractivity contribution in [1.82, 2.24) is 0 Å². The second kappa shape index (κ2) is 11.0. The van der Waals surface area contributed by atoms with Crippen LogP contribution in [0.2, 0.25) is 5.02 Å². The Labute approximate surface area is 231 Å². The summed E-state index contributed by atoms with van der Waals surface area (Å²) >= 11 is 6.25. The number of anilines is 1. The summed E-state index contributed by atoms with van der Waals surface area (Å²) in [6.45, 7) is 0. The highest BCUT2D eigenvalue weighted by Gasteiger charge is 2.49. The zero-order chi connectivity index (χ0) is 27.7. The number of β-lactam (4-membered cyclic amide) rings is 1. The molecule has 5 rings (SSSR count). The highest BCUT2D eigenvalue weighted by molar-refractivity contribution is 7.60. The third kappa shape index (κ3) is 5.37. The summed E-state index contributed by atoms with van der Waals surface area (Å²) in [5, 5.41) is 22.2. The molecule has 9 heteroatoms. The summed E-state index contributed by atoms with van der Waals surface area (Å²) in [6.07, 6.45) is -0.187. The highest BCUT2D eigenvalue weighted by atomic mass is 35.5. The number of aliphatic hydroxyl groups is 1. The van der Waals surface area contributed by atoms with Gasteiger partial charge >= 0.3 is 7.60 Å². The number of nitrogens with zero attached hydrogens (tertiary/aromatic N) is 1. The van der Waals surface area contributed by atoms with E-state index in [2.05, 4.69) is 0 Å². The van der Waals surface area contributed by atoms with Crippen molar-refractivity contribution in [2.24, 2.45) is 5.92 Å². The molecule has 0 radical (unpaired) electrons. The van der Waals surface area contributed by atoms with Gasteiger partial charge in [-0.1, -0.05) is 78.3 Å². The maximum atomic E-state index is 13.4.